The molecule has 0 aromatic rings. The van der Waals surface area contributed by atoms with Crippen molar-refractivity contribution in [3.8, 4) is 6.19 Å². The van der Waals surface area contributed by atoms with Gasteiger partial charge < -0.3 is 4.90 Å². The van der Waals surface area contributed by atoms with Crippen LogP contribution in [0.5, 0.6) is 0 Å². The van der Waals surface area contributed by atoms with Crippen molar-refractivity contribution in [2.75, 3.05) is 12.8 Å². The number of piperidine rings is 1. The van der Waals surface area contributed by atoms with E-state index in [1.807, 2.05) is 12.4 Å². The molecule has 1 fully saturated rings. The van der Waals surface area contributed by atoms with Crippen LogP contribution in [0.15, 0.2) is 4.99 Å². The molecule has 0 amide bonds. The smallest absolute Gasteiger partial charge is 0.208 e. The lowest BCUT2D eigenvalue weighted by molar-refractivity contribution is 0.213. The van der Waals surface area contributed by atoms with Crippen molar-refractivity contribution in [2.24, 2.45) is 10.9 Å². The second kappa shape index (κ2) is 5.26. The number of rotatable bonds is 0. The van der Waals surface area contributed by atoms with E-state index in [-0.39, 0.29) is 0 Å². The van der Waals surface area contributed by atoms with E-state index in [0.717, 1.165) is 17.6 Å². The van der Waals surface area contributed by atoms with Crippen LogP contribution in [-0.2, 0) is 0 Å². The number of aliphatic imine (C=N–C) groups is 1. The van der Waals surface area contributed by atoms with Crippen LogP contribution in [0.1, 0.15) is 26.7 Å². The van der Waals surface area contributed by atoms with Gasteiger partial charge in [-0.3, -0.25) is 0 Å². The Morgan fingerprint density at radius 3 is 2.79 bits per heavy atom. The summed E-state index contributed by atoms with van der Waals surface area (Å²) in [4.78, 5) is 6.10. The van der Waals surface area contributed by atoms with Gasteiger partial charge in [-0.2, -0.15) is 5.26 Å². The lowest BCUT2D eigenvalue weighted by atomic mass is 9.94. The monoisotopic (exact) mass is 211 g/mol. The van der Waals surface area contributed by atoms with Gasteiger partial charge in [0.2, 0.25) is 6.19 Å². The Kier molecular flexibility index (Phi) is 4.27. The predicted molar refractivity (Wildman–Crippen MR) is 61.1 cm³/mol. The first-order chi connectivity index (χ1) is 6.69. The third-order valence-corrected chi connectivity index (χ3v) is 3.40. The molecule has 0 N–H and O–H groups in total. The van der Waals surface area contributed by atoms with Gasteiger partial charge in [0.25, 0.3) is 0 Å². The van der Waals surface area contributed by atoms with Crippen LogP contribution in [0.3, 0.4) is 0 Å². The van der Waals surface area contributed by atoms with Gasteiger partial charge in [0.15, 0.2) is 5.17 Å². The average Bonchev–Trinajstić information content (AvgIpc) is 2.15. The largest absolute Gasteiger partial charge is 0.348 e. The van der Waals surface area contributed by atoms with Crippen LogP contribution in [-0.4, -0.2) is 28.9 Å². The van der Waals surface area contributed by atoms with E-state index in [4.69, 9.17) is 5.26 Å². The zero-order valence-electron chi connectivity index (χ0n) is 9.03. The molecule has 0 saturated carbocycles. The van der Waals surface area contributed by atoms with Crippen molar-refractivity contribution >= 4 is 16.9 Å². The van der Waals surface area contributed by atoms with Crippen LogP contribution in [0.4, 0.5) is 0 Å². The maximum absolute atomic E-state index is 8.56. The molecule has 0 spiro atoms. The molecular formula is C10H17N3S. The molecule has 1 saturated heterocycles. The Morgan fingerprint density at radius 1 is 1.57 bits per heavy atom. The second-order valence-electron chi connectivity index (χ2n) is 3.87. The molecule has 0 aromatic heterocycles. The molecule has 1 aliphatic heterocycles. The molecule has 2 unspecified atom stereocenters. The molecule has 0 bridgehead atoms. The number of hydrogen-bond acceptors (Lipinski definition) is 3. The lowest BCUT2D eigenvalue weighted by Crippen LogP contribution is -2.42. The highest BCUT2D eigenvalue weighted by molar-refractivity contribution is 8.13. The van der Waals surface area contributed by atoms with Crippen molar-refractivity contribution in [3.05, 3.63) is 0 Å². The fourth-order valence-electron chi connectivity index (χ4n) is 1.96. The Balaban J connectivity index is 2.68. The minimum absolute atomic E-state index is 0.512. The molecule has 0 aromatic carbocycles. The summed E-state index contributed by atoms with van der Waals surface area (Å²) in [6.07, 6.45) is 6.25. The minimum Gasteiger partial charge on any atom is -0.348 e. The van der Waals surface area contributed by atoms with Gasteiger partial charge >= 0.3 is 0 Å². The maximum atomic E-state index is 8.56. The lowest BCUT2D eigenvalue weighted by Gasteiger charge is -2.37. The van der Waals surface area contributed by atoms with Gasteiger partial charge in [0.05, 0.1) is 0 Å². The topological polar surface area (TPSA) is 39.4 Å². The summed E-state index contributed by atoms with van der Waals surface area (Å²) in [6.45, 7) is 5.52. The Labute approximate surface area is 90.2 Å². The molecule has 2 atom stereocenters. The number of nitrogens with zero attached hydrogens (tertiary/aromatic N) is 3. The molecule has 1 aliphatic rings. The van der Waals surface area contributed by atoms with Gasteiger partial charge in [-0.05, 0) is 31.9 Å². The number of likely N-dealkylation sites (tertiary alicyclic amines) is 1. The standard InChI is InChI=1S/C10H17N3S/c1-8-4-5-13(9(2)6-8)10(14-3)12-7-11/h8-9H,4-6H2,1-3H3. The van der Waals surface area contributed by atoms with E-state index in [2.05, 4.69) is 23.7 Å². The Bertz CT molecular complexity index is 257. The highest BCUT2D eigenvalue weighted by Crippen LogP contribution is 2.24. The molecular weight excluding hydrogens is 194 g/mol. The number of hydrogen-bond donors (Lipinski definition) is 0. The number of amidine groups is 1. The molecule has 0 radical (unpaired) electrons. The molecule has 4 heteroatoms. The Hall–Kier alpha value is -0.690. The zero-order chi connectivity index (χ0) is 10.6. The van der Waals surface area contributed by atoms with Gasteiger partial charge in [-0.25, -0.2) is 0 Å². The highest BCUT2D eigenvalue weighted by atomic mass is 32.2. The fraction of sp³-hybridized carbons (Fsp3) is 0.800. The molecule has 1 heterocycles. The first kappa shape index (κ1) is 11.4. The summed E-state index contributed by atoms with van der Waals surface area (Å²) in [7, 11) is 0. The van der Waals surface area contributed by atoms with Crippen molar-refractivity contribution in [1.82, 2.24) is 4.90 Å². The molecule has 14 heavy (non-hydrogen) atoms. The third-order valence-electron chi connectivity index (χ3n) is 2.71. The van der Waals surface area contributed by atoms with Crippen molar-refractivity contribution in [1.29, 1.82) is 5.26 Å². The highest BCUT2D eigenvalue weighted by Gasteiger charge is 2.24. The fourth-order valence-corrected chi connectivity index (χ4v) is 2.60. The molecule has 3 nitrogen and oxygen atoms in total. The second-order valence-corrected chi connectivity index (χ2v) is 4.64. The zero-order valence-corrected chi connectivity index (χ0v) is 9.84. The van der Waals surface area contributed by atoms with Gasteiger partial charge in [-0.1, -0.05) is 18.7 Å². The van der Waals surface area contributed by atoms with Crippen LogP contribution >= 0.6 is 11.8 Å². The summed E-state index contributed by atoms with van der Waals surface area (Å²) in [5.41, 5.74) is 0. The van der Waals surface area contributed by atoms with Gasteiger partial charge in [-0.15, -0.1) is 4.99 Å². The summed E-state index contributed by atoms with van der Waals surface area (Å²) in [6, 6.07) is 0.512. The molecule has 78 valence electrons. The first-order valence-corrected chi connectivity index (χ1v) is 6.19. The van der Waals surface area contributed by atoms with Crippen molar-refractivity contribution < 1.29 is 0 Å². The normalized spacial score (nSPS) is 28.7. The SMILES string of the molecule is CSC(=NC#N)N1CCC(C)CC1C. The van der Waals surface area contributed by atoms with Gasteiger partial charge in [0.1, 0.15) is 0 Å². The maximum Gasteiger partial charge on any atom is 0.208 e. The Morgan fingerprint density at radius 2 is 2.29 bits per heavy atom. The summed E-state index contributed by atoms with van der Waals surface area (Å²) in [5.74, 6) is 0.798. The van der Waals surface area contributed by atoms with E-state index in [1.54, 1.807) is 11.8 Å². The van der Waals surface area contributed by atoms with Crippen LogP contribution in [0, 0.1) is 17.4 Å². The molecule has 1 rings (SSSR count). The van der Waals surface area contributed by atoms with E-state index in [9.17, 15) is 0 Å². The van der Waals surface area contributed by atoms with Crippen LogP contribution < -0.4 is 0 Å². The van der Waals surface area contributed by atoms with Crippen molar-refractivity contribution in [2.45, 2.75) is 32.7 Å². The van der Waals surface area contributed by atoms with E-state index in [0.29, 0.717) is 6.04 Å². The van der Waals surface area contributed by atoms with E-state index >= 15 is 0 Å². The van der Waals surface area contributed by atoms with Crippen LogP contribution in [0.2, 0.25) is 0 Å². The number of thioether (sulfide) groups is 1. The molecule has 0 aliphatic carbocycles. The third kappa shape index (κ3) is 2.65. The summed E-state index contributed by atoms with van der Waals surface area (Å²) >= 11 is 1.56. The summed E-state index contributed by atoms with van der Waals surface area (Å²) in [5, 5.41) is 9.43. The minimum atomic E-state index is 0.512. The van der Waals surface area contributed by atoms with Crippen molar-refractivity contribution in [3.63, 3.8) is 0 Å². The van der Waals surface area contributed by atoms with E-state index in [1.165, 1.54) is 12.8 Å². The van der Waals surface area contributed by atoms with E-state index < -0.39 is 0 Å². The van der Waals surface area contributed by atoms with Crippen LogP contribution in [0.25, 0.3) is 0 Å². The number of nitriles is 1. The quantitative estimate of drug-likeness (QED) is 0.350. The summed E-state index contributed by atoms with van der Waals surface area (Å²) < 4.78 is 0. The predicted octanol–water partition coefficient (Wildman–Crippen LogP) is 2.31. The first-order valence-electron chi connectivity index (χ1n) is 4.96. The van der Waals surface area contributed by atoms with Gasteiger partial charge in [0, 0.05) is 12.6 Å². The average molecular weight is 211 g/mol.